The zero-order chi connectivity index (χ0) is 19.8. The Balaban J connectivity index is 1.47. The van der Waals surface area contributed by atoms with Gasteiger partial charge in [-0.15, -0.1) is 0 Å². The summed E-state index contributed by atoms with van der Waals surface area (Å²) < 4.78 is 0. The van der Waals surface area contributed by atoms with Crippen molar-refractivity contribution in [2.45, 2.75) is 13.5 Å². The predicted molar refractivity (Wildman–Crippen MR) is 117 cm³/mol. The maximum absolute atomic E-state index is 8.99. The molecule has 29 heavy (non-hydrogen) atoms. The summed E-state index contributed by atoms with van der Waals surface area (Å²) in [5, 5.41) is 11.5. The number of hydrogen-bond acceptors (Lipinski definition) is 4. The normalized spacial score (nSPS) is 17.0. The Kier molecular flexibility index (Phi) is 4.46. The van der Waals surface area contributed by atoms with Gasteiger partial charge in [0.05, 0.1) is 23.9 Å². The largest absolute Gasteiger partial charge is 0.298 e. The number of aliphatic imine (C=N–C) groups is 2. The lowest BCUT2D eigenvalue weighted by Crippen LogP contribution is -2.44. The van der Waals surface area contributed by atoms with E-state index >= 15 is 0 Å². The average molecular weight is 378 g/mol. The van der Waals surface area contributed by atoms with E-state index in [2.05, 4.69) is 54.3 Å². The fourth-order valence-electron chi connectivity index (χ4n) is 4.28. The van der Waals surface area contributed by atoms with E-state index in [9.17, 15) is 0 Å². The second kappa shape index (κ2) is 7.27. The number of nitrogens with zero attached hydrogens (tertiary/aromatic N) is 4. The second-order valence-corrected chi connectivity index (χ2v) is 8.00. The number of rotatable bonds is 4. The van der Waals surface area contributed by atoms with Crippen LogP contribution in [0.15, 0.2) is 70.6 Å². The fraction of sp³-hybridized carbons (Fsp3) is 0.240. The van der Waals surface area contributed by atoms with E-state index in [4.69, 9.17) is 15.2 Å². The van der Waals surface area contributed by atoms with Gasteiger partial charge < -0.3 is 0 Å². The van der Waals surface area contributed by atoms with Crippen LogP contribution in [0.5, 0.6) is 0 Å². The first-order valence-corrected chi connectivity index (χ1v) is 10.1. The highest BCUT2D eigenvalue weighted by Crippen LogP contribution is 2.28. The Hall–Kier alpha value is -3.29. The van der Waals surface area contributed by atoms with Gasteiger partial charge in [0.25, 0.3) is 0 Å². The third-order valence-electron chi connectivity index (χ3n) is 5.76. The smallest absolute Gasteiger partial charge is 0.155 e. The lowest BCUT2D eigenvalue weighted by molar-refractivity contribution is 0.105. The van der Waals surface area contributed by atoms with Crippen LogP contribution in [0.2, 0.25) is 0 Å². The first kappa shape index (κ1) is 17.8. The number of nitriles is 1. The minimum atomic E-state index is 0.572. The molecule has 1 fully saturated rings. The third-order valence-corrected chi connectivity index (χ3v) is 5.76. The van der Waals surface area contributed by atoms with Crippen molar-refractivity contribution in [3.8, 4) is 6.07 Å². The van der Waals surface area contributed by atoms with Crippen molar-refractivity contribution >= 4 is 22.3 Å². The highest BCUT2D eigenvalue weighted by atomic mass is 15.2. The number of benzene rings is 3. The van der Waals surface area contributed by atoms with Crippen LogP contribution in [0.25, 0.3) is 10.8 Å². The minimum Gasteiger partial charge on any atom is -0.298 e. The van der Waals surface area contributed by atoms with E-state index in [0.29, 0.717) is 12.1 Å². The molecule has 2 heterocycles. The molecule has 4 nitrogen and oxygen atoms in total. The predicted octanol–water partition coefficient (Wildman–Crippen LogP) is 4.41. The van der Waals surface area contributed by atoms with Crippen molar-refractivity contribution in [1.82, 2.24) is 4.90 Å². The quantitative estimate of drug-likeness (QED) is 0.675. The van der Waals surface area contributed by atoms with Crippen LogP contribution in [0, 0.1) is 17.2 Å². The first-order chi connectivity index (χ1) is 14.2. The monoisotopic (exact) mass is 378 g/mol. The summed E-state index contributed by atoms with van der Waals surface area (Å²) in [7, 11) is 0. The Morgan fingerprint density at radius 2 is 1.76 bits per heavy atom. The molecular formula is C25H22N4. The zero-order valence-electron chi connectivity index (χ0n) is 16.5. The molecule has 0 N–H and O–H groups in total. The van der Waals surface area contributed by atoms with Gasteiger partial charge in [0.1, 0.15) is 0 Å². The molecule has 4 heteroatoms. The fourth-order valence-corrected chi connectivity index (χ4v) is 4.28. The van der Waals surface area contributed by atoms with Crippen LogP contribution >= 0.6 is 0 Å². The SMILES string of the molecule is CC1CN(Cc2ccc(C3=NCC(c4ccc(C#N)cc4)=N3)c3ccccc23)C1. The van der Waals surface area contributed by atoms with Crippen LogP contribution in [-0.4, -0.2) is 36.1 Å². The molecule has 0 atom stereocenters. The molecule has 2 aliphatic heterocycles. The summed E-state index contributed by atoms with van der Waals surface area (Å²) in [6.07, 6.45) is 0. The number of fused-ring (bicyclic) bond motifs is 1. The van der Waals surface area contributed by atoms with Gasteiger partial charge in [-0.1, -0.05) is 55.5 Å². The molecule has 0 bridgehead atoms. The molecular weight excluding hydrogens is 356 g/mol. The summed E-state index contributed by atoms with van der Waals surface area (Å²) in [5.41, 5.74) is 5.09. The van der Waals surface area contributed by atoms with Crippen molar-refractivity contribution in [2.24, 2.45) is 15.9 Å². The van der Waals surface area contributed by atoms with Gasteiger partial charge in [0.15, 0.2) is 5.84 Å². The highest BCUT2D eigenvalue weighted by Gasteiger charge is 2.23. The van der Waals surface area contributed by atoms with Crippen LogP contribution in [-0.2, 0) is 6.54 Å². The van der Waals surface area contributed by atoms with Crippen LogP contribution in [0.4, 0.5) is 0 Å². The second-order valence-electron chi connectivity index (χ2n) is 8.00. The highest BCUT2D eigenvalue weighted by molar-refractivity contribution is 6.20. The molecule has 3 aromatic rings. The van der Waals surface area contributed by atoms with Crippen molar-refractivity contribution in [2.75, 3.05) is 19.6 Å². The van der Waals surface area contributed by atoms with E-state index in [-0.39, 0.29) is 0 Å². The maximum Gasteiger partial charge on any atom is 0.155 e. The summed E-state index contributed by atoms with van der Waals surface area (Å²) in [6.45, 7) is 6.24. The van der Waals surface area contributed by atoms with Crippen molar-refractivity contribution in [3.63, 3.8) is 0 Å². The standard InChI is InChI=1S/C25H22N4/c1-17-14-29(15-17)16-20-10-11-23(22-5-3-2-4-21(20)22)25-27-13-24(28-25)19-8-6-18(12-26)7-9-19/h2-11,17H,13-16H2,1H3. The summed E-state index contributed by atoms with van der Waals surface area (Å²) >= 11 is 0. The van der Waals surface area contributed by atoms with Gasteiger partial charge in [-0.3, -0.25) is 9.89 Å². The summed E-state index contributed by atoms with van der Waals surface area (Å²) in [6, 6.07) is 22.7. The molecule has 3 aromatic carbocycles. The zero-order valence-corrected chi connectivity index (χ0v) is 16.5. The van der Waals surface area contributed by atoms with E-state index < -0.39 is 0 Å². The molecule has 0 radical (unpaired) electrons. The molecule has 0 saturated carbocycles. The molecule has 0 aromatic heterocycles. The Bertz CT molecular complexity index is 1180. The van der Waals surface area contributed by atoms with Gasteiger partial charge in [-0.25, -0.2) is 4.99 Å². The molecule has 0 amide bonds. The third kappa shape index (κ3) is 3.35. The van der Waals surface area contributed by atoms with Gasteiger partial charge in [0, 0.05) is 25.2 Å². The lowest BCUT2D eigenvalue weighted by atomic mass is 9.96. The topological polar surface area (TPSA) is 51.8 Å². The minimum absolute atomic E-state index is 0.572. The average Bonchev–Trinajstić information content (AvgIpc) is 3.23. The van der Waals surface area contributed by atoms with Gasteiger partial charge in [-0.05, 0) is 39.9 Å². The van der Waals surface area contributed by atoms with Crippen LogP contribution < -0.4 is 0 Å². The molecule has 0 aliphatic carbocycles. The van der Waals surface area contributed by atoms with Crippen LogP contribution in [0.1, 0.15) is 29.2 Å². The molecule has 2 aliphatic rings. The van der Waals surface area contributed by atoms with Gasteiger partial charge >= 0.3 is 0 Å². The van der Waals surface area contributed by atoms with E-state index in [0.717, 1.165) is 35.1 Å². The lowest BCUT2D eigenvalue weighted by Gasteiger charge is -2.37. The van der Waals surface area contributed by atoms with E-state index in [1.165, 1.54) is 29.4 Å². The summed E-state index contributed by atoms with van der Waals surface area (Å²) in [5.74, 6) is 1.60. The van der Waals surface area contributed by atoms with Crippen LogP contribution in [0.3, 0.4) is 0 Å². The Morgan fingerprint density at radius 3 is 2.48 bits per heavy atom. The van der Waals surface area contributed by atoms with E-state index in [1.54, 1.807) is 0 Å². The Morgan fingerprint density at radius 1 is 1.00 bits per heavy atom. The van der Waals surface area contributed by atoms with Gasteiger partial charge in [-0.2, -0.15) is 5.26 Å². The number of amidine groups is 1. The Labute approximate surface area is 170 Å². The van der Waals surface area contributed by atoms with Crippen molar-refractivity contribution in [1.29, 1.82) is 5.26 Å². The van der Waals surface area contributed by atoms with Crippen molar-refractivity contribution < 1.29 is 0 Å². The van der Waals surface area contributed by atoms with E-state index in [1.807, 2.05) is 24.3 Å². The molecule has 142 valence electrons. The maximum atomic E-state index is 8.99. The van der Waals surface area contributed by atoms with Crippen molar-refractivity contribution in [3.05, 3.63) is 82.9 Å². The molecule has 0 unspecified atom stereocenters. The number of likely N-dealkylation sites (tertiary alicyclic amines) is 1. The summed E-state index contributed by atoms with van der Waals surface area (Å²) in [4.78, 5) is 12.1. The molecule has 5 rings (SSSR count). The van der Waals surface area contributed by atoms with Gasteiger partial charge in [0.2, 0.25) is 0 Å². The first-order valence-electron chi connectivity index (χ1n) is 10.1. The molecule has 0 spiro atoms. The molecule has 1 saturated heterocycles. The number of hydrogen-bond donors (Lipinski definition) is 0.